The van der Waals surface area contributed by atoms with Gasteiger partial charge in [-0.25, -0.2) is 4.90 Å². The first-order valence-corrected chi connectivity index (χ1v) is 3.98. The molecule has 0 aliphatic heterocycles. The number of aliphatic hydroxyl groups is 3. The molecule has 12 heavy (non-hydrogen) atoms. The Balaban J connectivity index is 4.50. The molecule has 3 unspecified atom stereocenters. The summed E-state index contributed by atoms with van der Waals surface area (Å²) in [6.07, 6.45) is -1.75. The third-order valence-corrected chi connectivity index (χ3v) is 1.77. The molecule has 0 bridgehead atoms. The van der Waals surface area contributed by atoms with Crippen molar-refractivity contribution < 1.29 is 15.3 Å². The molecule has 0 aromatic rings. The minimum atomic E-state index is -1.66. The van der Waals surface area contributed by atoms with E-state index >= 15 is 0 Å². The number of hydrogen-bond donors (Lipinski definition) is 4. The van der Waals surface area contributed by atoms with Gasteiger partial charge in [-0.3, -0.25) is 5.73 Å². The molecule has 0 amide bonds. The van der Waals surface area contributed by atoms with Crippen molar-refractivity contribution >= 4 is 0 Å². The minimum Gasteiger partial charge on any atom is -0.378 e. The molecule has 0 radical (unpaired) electrons. The molecule has 0 rings (SSSR count). The van der Waals surface area contributed by atoms with Crippen LogP contribution in [0.2, 0.25) is 0 Å². The highest BCUT2D eigenvalue weighted by atomic mass is 16.4. The van der Waals surface area contributed by atoms with Gasteiger partial charge in [0.25, 0.3) is 0 Å². The van der Waals surface area contributed by atoms with Gasteiger partial charge in [-0.15, -0.1) is 0 Å². The van der Waals surface area contributed by atoms with E-state index in [1.165, 1.54) is 13.8 Å². The molecular weight excluding hydrogens is 160 g/mol. The standard InChI is InChI=1S/C7H18N2O3/c1-4-7(8,12)9(5(2)10)6(3)11/h5-6,10-12H,4,8H2,1-3H3. The Morgan fingerprint density at radius 1 is 1.33 bits per heavy atom. The normalized spacial score (nSPS) is 22.0. The monoisotopic (exact) mass is 178 g/mol. The zero-order valence-electron chi connectivity index (χ0n) is 7.73. The van der Waals surface area contributed by atoms with Crippen LogP contribution in [0.5, 0.6) is 0 Å². The molecule has 0 heterocycles. The number of rotatable bonds is 4. The van der Waals surface area contributed by atoms with E-state index in [2.05, 4.69) is 0 Å². The first kappa shape index (κ1) is 11.8. The lowest BCUT2D eigenvalue weighted by Crippen LogP contribution is -2.62. The molecule has 5 heteroatoms. The van der Waals surface area contributed by atoms with Crippen LogP contribution in [0, 0.1) is 0 Å². The van der Waals surface area contributed by atoms with E-state index in [-0.39, 0.29) is 6.42 Å². The van der Waals surface area contributed by atoms with E-state index < -0.39 is 18.3 Å². The fraction of sp³-hybridized carbons (Fsp3) is 1.00. The summed E-state index contributed by atoms with van der Waals surface area (Å²) in [5.74, 6) is -1.66. The molecular formula is C7H18N2O3. The second-order valence-electron chi connectivity index (χ2n) is 2.90. The Morgan fingerprint density at radius 3 is 1.75 bits per heavy atom. The highest BCUT2D eigenvalue weighted by Gasteiger charge is 2.34. The fourth-order valence-electron chi connectivity index (χ4n) is 1.14. The molecule has 0 aromatic heterocycles. The van der Waals surface area contributed by atoms with Gasteiger partial charge in [0, 0.05) is 6.42 Å². The Morgan fingerprint density at radius 2 is 1.67 bits per heavy atom. The van der Waals surface area contributed by atoms with E-state index in [1.807, 2.05) is 0 Å². The third kappa shape index (κ3) is 2.69. The summed E-state index contributed by atoms with van der Waals surface area (Å²) in [5.41, 5.74) is 5.42. The average Bonchev–Trinajstić information content (AvgIpc) is 1.84. The van der Waals surface area contributed by atoms with Crippen LogP contribution in [0.4, 0.5) is 0 Å². The highest BCUT2D eigenvalue weighted by Crippen LogP contribution is 2.14. The maximum absolute atomic E-state index is 9.51. The molecule has 0 saturated heterocycles. The quantitative estimate of drug-likeness (QED) is 0.414. The molecule has 74 valence electrons. The third-order valence-electron chi connectivity index (χ3n) is 1.77. The molecule has 0 aliphatic carbocycles. The van der Waals surface area contributed by atoms with E-state index in [1.54, 1.807) is 6.92 Å². The van der Waals surface area contributed by atoms with Gasteiger partial charge < -0.3 is 15.3 Å². The fourth-order valence-corrected chi connectivity index (χ4v) is 1.14. The van der Waals surface area contributed by atoms with Crippen molar-refractivity contribution in [3.8, 4) is 0 Å². The predicted molar refractivity (Wildman–Crippen MR) is 44.6 cm³/mol. The van der Waals surface area contributed by atoms with Crippen LogP contribution in [0.1, 0.15) is 27.2 Å². The summed E-state index contributed by atoms with van der Waals surface area (Å²) in [5, 5.41) is 27.9. The highest BCUT2D eigenvalue weighted by molar-refractivity contribution is 4.73. The topological polar surface area (TPSA) is 90.0 Å². The van der Waals surface area contributed by atoms with Crippen molar-refractivity contribution in [2.45, 2.75) is 45.5 Å². The lowest BCUT2D eigenvalue weighted by atomic mass is 10.2. The van der Waals surface area contributed by atoms with Crippen LogP contribution >= 0.6 is 0 Å². The Hall–Kier alpha value is -0.200. The van der Waals surface area contributed by atoms with Crippen LogP contribution in [0.15, 0.2) is 0 Å². The maximum Gasteiger partial charge on any atom is 0.175 e. The first-order valence-electron chi connectivity index (χ1n) is 3.98. The first-order chi connectivity index (χ1) is 5.33. The van der Waals surface area contributed by atoms with Crippen molar-refractivity contribution in [1.29, 1.82) is 0 Å². The maximum atomic E-state index is 9.51. The van der Waals surface area contributed by atoms with E-state index in [9.17, 15) is 15.3 Å². The molecule has 0 saturated carbocycles. The van der Waals surface area contributed by atoms with Crippen molar-refractivity contribution in [1.82, 2.24) is 4.90 Å². The van der Waals surface area contributed by atoms with Gasteiger partial charge in [0.1, 0.15) is 12.5 Å². The summed E-state index contributed by atoms with van der Waals surface area (Å²) in [4.78, 5) is 1.02. The summed E-state index contributed by atoms with van der Waals surface area (Å²) < 4.78 is 0. The summed E-state index contributed by atoms with van der Waals surface area (Å²) in [7, 11) is 0. The van der Waals surface area contributed by atoms with E-state index in [4.69, 9.17) is 5.73 Å². The minimum absolute atomic E-state index is 0.225. The number of nitrogens with zero attached hydrogens (tertiary/aromatic N) is 1. The van der Waals surface area contributed by atoms with Gasteiger partial charge in [0.15, 0.2) is 5.85 Å². The van der Waals surface area contributed by atoms with Crippen LogP contribution in [-0.4, -0.2) is 38.5 Å². The number of hydrogen-bond acceptors (Lipinski definition) is 5. The lowest BCUT2D eigenvalue weighted by molar-refractivity contribution is -0.225. The SMILES string of the molecule is CCC(N)(O)N(C(C)O)C(C)O. The molecule has 0 spiro atoms. The van der Waals surface area contributed by atoms with Gasteiger partial charge in [0.05, 0.1) is 0 Å². The Labute approximate surface area is 72.4 Å². The summed E-state index contributed by atoms with van der Waals surface area (Å²) >= 11 is 0. The second kappa shape index (κ2) is 4.15. The Bertz CT molecular complexity index is 129. The molecule has 3 atom stereocenters. The zero-order chi connectivity index (χ0) is 9.94. The van der Waals surface area contributed by atoms with Crippen LogP contribution < -0.4 is 5.73 Å². The van der Waals surface area contributed by atoms with E-state index in [0.717, 1.165) is 4.90 Å². The molecule has 5 N–H and O–H groups in total. The average molecular weight is 178 g/mol. The van der Waals surface area contributed by atoms with Crippen molar-refractivity contribution in [2.24, 2.45) is 5.73 Å². The number of nitrogens with two attached hydrogens (primary N) is 1. The Kier molecular flexibility index (Phi) is 4.09. The van der Waals surface area contributed by atoms with Gasteiger partial charge >= 0.3 is 0 Å². The summed E-state index contributed by atoms with van der Waals surface area (Å²) in [6.45, 7) is 4.53. The van der Waals surface area contributed by atoms with Crippen LogP contribution in [0.25, 0.3) is 0 Å². The summed E-state index contributed by atoms with van der Waals surface area (Å²) in [6, 6.07) is 0. The van der Waals surface area contributed by atoms with Gasteiger partial charge in [-0.1, -0.05) is 6.92 Å². The predicted octanol–water partition coefficient (Wildman–Crippen LogP) is -1.02. The van der Waals surface area contributed by atoms with Gasteiger partial charge in [-0.2, -0.15) is 0 Å². The van der Waals surface area contributed by atoms with Gasteiger partial charge in [0.2, 0.25) is 0 Å². The van der Waals surface area contributed by atoms with Crippen LogP contribution in [-0.2, 0) is 0 Å². The smallest absolute Gasteiger partial charge is 0.175 e. The largest absolute Gasteiger partial charge is 0.378 e. The molecule has 5 nitrogen and oxygen atoms in total. The molecule has 0 aliphatic rings. The van der Waals surface area contributed by atoms with Crippen molar-refractivity contribution in [3.63, 3.8) is 0 Å². The molecule has 0 aromatic carbocycles. The number of aliphatic hydroxyl groups excluding tert-OH is 2. The van der Waals surface area contributed by atoms with Crippen molar-refractivity contribution in [3.05, 3.63) is 0 Å². The second-order valence-corrected chi connectivity index (χ2v) is 2.90. The molecule has 0 fully saturated rings. The van der Waals surface area contributed by atoms with Crippen molar-refractivity contribution in [2.75, 3.05) is 0 Å². The van der Waals surface area contributed by atoms with E-state index in [0.29, 0.717) is 0 Å². The lowest BCUT2D eigenvalue weighted by Gasteiger charge is -2.39. The van der Waals surface area contributed by atoms with Gasteiger partial charge in [-0.05, 0) is 13.8 Å². The zero-order valence-corrected chi connectivity index (χ0v) is 7.73. The van der Waals surface area contributed by atoms with Crippen LogP contribution in [0.3, 0.4) is 0 Å².